The van der Waals surface area contributed by atoms with Gasteiger partial charge in [-0.1, -0.05) is 30.7 Å². The van der Waals surface area contributed by atoms with Crippen molar-refractivity contribution in [1.82, 2.24) is 15.6 Å². The summed E-state index contributed by atoms with van der Waals surface area (Å²) in [5.41, 5.74) is 1.21. The second-order valence-electron chi connectivity index (χ2n) is 4.37. The Bertz CT molecular complexity index is 628. The Labute approximate surface area is 127 Å². The van der Waals surface area contributed by atoms with Crippen molar-refractivity contribution in [2.75, 3.05) is 0 Å². The quantitative estimate of drug-likeness (QED) is 0.792. The van der Waals surface area contributed by atoms with Gasteiger partial charge in [-0.15, -0.1) is 0 Å². The number of hydrogen-bond donors (Lipinski definition) is 3. The van der Waals surface area contributed by atoms with Gasteiger partial charge in [-0.2, -0.15) is 0 Å². The molecule has 0 aliphatic heterocycles. The van der Waals surface area contributed by atoms with Gasteiger partial charge in [-0.05, 0) is 6.07 Å². The molecule has 0 aliphatic rings. The van der Waals surface area contributed by atoms with Crippen LogP contribution in [0.2, 0.25) is 5.02 Å². The van der Waals surface area contributed by atoms with E-state index in [0.717, 1.165) is 0 Å². The number of nitrogens with zero attached hydrogens (tertiary/aromatic N) is 1. The maximum Gasteiger partial charge on any atom is 0.315 e. The van der Waals surface area contributed by atoms with Crippen molar-refractivity contribution in [2.24, 2.45) is 0 Å². The predicted octanol–water partition coefficient (Wildman–Crippen LogP) is 2.60. The zero-order valence-corrected chi connectivity index (χ0v) is 12.3. The number of carbonyl (C=O) groups excluding carboxylic acids is 1. The zero-order valence-electron chi connectivity index (χ0n) is 11.5. The molecule has 112 valence electrons. The molecule has 7 heteroatoms. The van der Waals surface area contributed by atoms with E-state index in [1.54, 1.807) is 18.2 Å². The molecule has 0 spiro atoms. The van der Waals surface area contributed by atoms with E-state index in [1.165, 1.54) is 6.26 Å². The molecular formula is C14H16ClN3O3. The number of hydrogen-bond acceptors (Lipinski definition) is 4. The average Bonchev–Trinajstić information content (AvgIpc) is 2.94. The largest absolute Gasteiger partial charge is 0.506 e. The first-order chi connectivity index (χ1) is 10.1. The Morgan fingerprint density at radius 2 is 2.14 bits per heavy atom. The summed E-state index contributed by atoms with van der Waals surface area (Å²) in [6, 6.07) is 4.61. The molecule has 0 unspecified atom stereocenters. The summed E-state index contributed by atoms with van der Waals surface area (Å²) in [6.45, 7) is 2.39. The first kappa shape index (κ1) is 15.2. The van der Waals surface area contributed by atoms with E-state index in [4.69, 9.17) is 16.0 Å². The topological polar surface area (TPSA) is 87.4 Å². The summed E-state index contributed by atoms with van der Waals surface area (Å²) in [5, 5.41) is 15.3. The summed E-state index contributed by atoms with van der Waals surface area (Å²) in [5.74, 6) is 0.611. The van der Waals surface area contributed by atoms with Crippen LogP contribution in [-0.2, 0) is 19.5 Å². The Balaban J connectivity index is 1.81. The number of aromatic nitrogens is 1. The Kier molecular flexibility index (Phi) is 5.05. The van der Waals surface area contributed by atoms with Gasteiger partial charge in [-0.25, -0.2) is 9.78 Å². The number of benzene rings is 1. The van der Waals surface area contributed by atoms with E-state index in [0.29, 0.717) is 23.6 Å². The standard InChI is InChI=1S/C14H16ClN3O3/c1-2-12-18-10(8-21-12)7-17-14(20)16-6-9-4-3-5-11(15)13(9)19/h3-5,8,19H,2,6-7H2,1H3,(H2,16,17,20). The van der Waals surface area contributed by atoms with Crippen molar-refractivity contribution in [3.05, 3.63) is 46.6 Å². The minimum absolute atomic E-state index is 0.0245. The van der Waals surface area contributed by atoms with E-state index in [9.17, 15) is 9.90 Å². The second kappa shape index (κ2) is 6.99. The number of aryl methyl sites for hydroxylation is 1. The lowest BCUT2D eigenvalue weighted by Gasteiger charge is -2.08. The van der Waals surface area contributed by atoms with Crippen LogP contribution in [0.5, 0.6) is 5.75 Å². The number of amides is 2. The highest BCUT2D eigenvalue weighted by Gasteiger charge is 2.08. The van der Waals surface area contributed by atoms with Gasteiger partial charge < -0.3 is 20.2 Å². The normalized spacial score (nSPS) is 10.4. The highest BCUT2D eigenvalue weighted by atomic mass is 35.5. The van der Waals surface area contributed by atoms with Crippen LogP contribution in [0.1, 0.15) is 24.1 Å². The fourth-order valence-electron chi connectivity index (χ4n) is 1.70. The molecule has 21 heavy (non-hydrogen) atoms. The summed E-state index contributed by atoms with van der Waals surface area (Å²) in [4.78, 5) is 15.8. The minimum atomic E-state index is -0.365. The minimum Gasteiger partial charge on any atom is -0.506 e. The van der Waals surface area contributed by atoms with Crippen LogP contribution in [0.25, 0.3) is 0 Å². The molecule has 0 saturated heterocycles. The number of oxazole rings is 1. The fourth-order valence-corrected chi connectivity index (χ4v) is 1.90. The molecule has 6 nitrogen and oxygen atoms in total. The van der Waals surface area contributed by atoms with Crippen LogP contribution in [0.15, 0.2) is 28.9 Å². The third-order valence-corrected chi connectivity index (χ3v) is 3.15. The summed E-state index contributed by atoms with van der Waals surface area (Å²) in [6.07, 6.45) is 2.22. The molecule has 0 atom stereocenters. The Hall–Kier alpha value is -2.21. The number of rotatable bonds is 5. The van der Waals surface area contributed by atoms with Crippen molar-refractivity contribution in [3.8, 4) is 5.75 Å². The van der Waals surface area contributed by atoms with Gasteiger partial charge >= 0.3 is 6.03 Å². The molecule has 0 fully saturated rings. The monoisotopic (exact) mass is 309 g/mol. The maximum atomic E-state index is 11.7. The maximum absolute atomic E-state index is 11.7. The predicted molar refractivity (Wildman–Crippen MR) is 78.1 cm³/mol. The van der Waals surface area contributed by atoms with Crippen LogP contribution in [0.4, 0.5) is 4.79 Å². The van der Waals surface area contributed by atoms with E-state index >= 15 is 0 Å². The molecular weight excluding hydrogens is 294 g/mol. The molecule has 3 N–H and O–H groups in total. The van der Waals surface area contributed by atoms with Crippen molar-refractivity contribution in [1.29, 1.82) is 0 Å². The molecule has 0 saturated carbocycles. The van der Waals surface area contributed by atoms with E-state index in [-0.39, 0.29) is 29.9 Å². The number of nitrogens with one attached hydrogen (secondary N) is 2. The number of halogens is 1. The van der Waals surface area contributed by atoms with Crippen LogP contribution in [-0.4, -0.2) is 16.1 Å². The lowest BCUT2D eigenvalue weighted by atomic mass is 10.2. The zero-order chi connectivity index (χ0) is 15.2. The lowest BCUT2D eigenvalue weighted by molar-refractivity contribution is 0.240. The molecule has 2 amide bonds. The van der Waals surface area contributed by atoms with Gasteiger partial charge in [-0.3, -0.25) is 0 Å². The molecule has 1 heterocycles. The smallest absolute Gasteiger partial charge is 0.315 e. The van der Waals surface area contributed by atoms with Crippen LogP contribution in [0, 0.1) is 0 Å². The SMILES string of the molecule is CCc1nc(CNC(=O)NCc2cccc(Cl)c2O)co1. The average molecular weight is 310 g/mol. The van der Waals surface area contributed by atoms with Crippen LogP contribution >= 0.6 is 11.6 Å². The van der Waals surface area contributed by atoms with Gasteiger partial charge in [0.15, 0.2) is 5.89 Å². The molecule has 2 rings (SSSR count). The second-order valence-corrected chi connectivity index (χ2v) is 4.78. The van der Waals surface area contributed by atoms with Gasteiger partial charge in [0, 0.05) is 18.5 Å². The van der Waals surface area contributed by atoms with Crippen molar-refractivity contribution in [2.45, 2.75) is 26.4 Å². The van der Waals surface area contributed by atoms with E-state index in [1.807, 2.05) is 6.92 Å². The third-order valence-electron chi connectivity index (χ3n) is 2.84. The number of carbonyl (C=O) groups is 1. The molecule has 0 radical (unpaired) electrons. The van der Waals surface area contributed by atoms with Gasteiger partial charge in [0.05, 0.1) is 17.3 Å². The number of aromatic hydroxyl groups is 1. The van der Waals surface area contributed by atoms with Gasteiger partial charge in [0.25, 0.3) is 0 Å². The number of para-hydroxylation sites is 1. The third kappa shape index (κ3) is 4.13. The highest BCUT2D eigenvalue weighted by Crippen LogP contribution is 2.26. The van der Waals surface area contributed by atoms with Crippen LogP contribution < -0.4 is 10.6 Å². The first-order valence-electron chi connectivity index (χ1n) is 6.51. The Morgan fingerprint density at radius 3 is 2.86 bits per heavy atom. The first-order valence-corrected chi connectivity index (χ1v) is 6.89. The van der Waals surface area contributed by atoms with E-state index < -0.39 is 0 Å². The Morgan fingerprint density at radius 1 is 1.38 bits per heavy atom. The van der Waals surface area contributed by atoms with Crippen molar-refractivity contribution in [3.63, 3.8) is 0 Å². The van der Waals surface area contributed by atoms with Gasteiger partial charge in [0.1, 0.15) is 12.0 Å². The molecule has 1 aromatic carbocycles. The van der Waals surface area contributed by atoms with Crippen LogP contribution in [0.3, 0.4) is 0 Å². The molecule has 0 aliphatic carbocycles. The number of phenolic OH excluding ortho intramolecular Hbond substituents is 1. The van der Waals surface area contributed by atoms with Gasteiger partial charge in [0.2, 0.25) is 0 Å². The molecule has 0 bridgehead atoms. The summed E-state index contributed by atoms with van der Waals surface area (Å²) in [7, 11) is 0. The number of phenols is 1. The van der Waals surface area contributed by atoms with Crippen molar-refractivity contribution >= 4 is 17.6 Å². The van der Waals surface area contributed by atoms with E-state index in [2.05, 4.69) is 15.6 Å². The lowest BCUT2D eigenvalue weighted by Crippen LogP contribution is -2.34. The molecule has 1 aromatic heterocycles. The highest BCUT2D eigenvalue weighted by molar-refractivity contribution is 6.32. The van der Waals surface area contributed by atoms with Crippen molar-refractivity contribution < 1.29 is 14.3 Å². The molecule has 2 aromatic rings. The summed E-state index contributed by atoms with van der Waals surface area (Å²) < 4.78 is 5.17. The number of urea groups is 1. The fraction of sp³-hybridized carbons (Fsp3) is 0.286. The summed E-state index contributed by atoms with van der Waals surface area (Å²) >= 11 is 5.79.